The van der Waals surface area contributed by atoms with Crippen molar-refractivity contribution < 1.29 is 18.3 Å². The number of carbonyl (C=O) groups is 1. The molecule has 138 valence electrons. The van der Waals surface area contributed by atoms with Gasteiger partial charge < -0.3 is 14.9 Å². The van der Waals surface area contributed by atoms with E-state index < -0.39 is 15.8 Å². The topological polar surface area (TPSA) is 104 Å². The highest BCUT2D eigenvalue weighted by atomic mass is 32.2. The summed E-state index contributed by atoms with van der Waals surface area (Å²) >= 11 is 0. The summed E-state index contributed by atoms with van der Waals surface area (Å²) in [6, 6.07) is 1.81. The molecule has 25 heavy (non-hydrogen) atoms. The van der Waals surface area contributed by atoms with Crippen molar-refractivity contribution in [3.8, 4) is 0 Å². The Kier molecular flexibility index (Phi) is 4.86. The fourth-order valence-corrected chi connectivity index (χ4v) is 5.28. The van der Waals surface area contributed by atoms with Gasteiger partial charge in [-0.2, -0.15) is 0 Å². The Balaban J connectivity index is 1.76. The van der Waals surface area contributed by atoms with E-state index in [2.05, 4.69) is 14.9 Å². The number of anilines is 2. The average molecular weight is 368 g/mol. The molecule has 0 spiro atoms. The molecule has 2 saturated heterocycles. The number of carboxylic acid groups (broad SMARTS) is 1. The van der Waals surface area contributed by atoms with Gasteiger partial charge in [-0.25, -0.2) is 18.4 Å². The molecule has 1 N–H and O–H groups in total. The van der Waals surface area contributed by atoms with Crippen molar-refractivity contribution in [1.82, 2.24) is 9.97 Å². The maximum atomic E-state index is 11.7. The number of rotatable bonds is 4. The highest BCUT2D eigenvalue weighted by Gasteiger charge is 2.32. The third-order valence-corrected chi connectivity index (χ3v) is 6.85. The predicted octanol–water partition coefficient (Wildman–Crippen LogP) is 0.709. The van der Waals surface area contributed by atoms with Crippen LogP contribution in [0.2, 0.25) is 0 Å². The van der Waals surface area contributed by atoms with E-state index in [-0.39, 0.29) is 23.5 Å². The number of sulfone groups is 1. The van der Waals surface area contributed by atoms with Crippen molar-refractivity contribution in [3.05, 3.63) is 11.9 Å². The molecule has 0 bridgehead atoms. The zero-order chi connectivity index (χ0) is 18.2. The van der Waals surface area contributed by atoms with Gasteiger partial charge in [-0.3, -0.25) is 4.79 Å². The minimum atomic E-state index is -2.95. The summed E-state index contributed by atoms with van der Waals surface area (Å²) in [5.41, 5.74) is 0. The molecule has 1 aromatic heterocycles. The summed E-state index contributed by atoms with van der Waals surface area (Å²) in [7, 11) is -1.09. The molecule has 1 aromatic rings. The minimum Gasteiger partial charge on any atom is -0.481 e. The number of carboxylic acids is 1. The highest BCUT2D eigenvalue weighted by molar-refractivity contribution is 7.91. The molecule has 0 aliphatic carbocycles. The van der Waals surface area contributed by atoms with Gasteiger partial charge in [-0.15, -0.1) is 0 Å². The summed E-state index contributed by atoms with van der Waals surface area (Å²) in [4.78, 5) is 24.0. The lowest BCUT2D eigenvalue weighted by Gasteiger charge is -2.32. The van der Waals surface area contributed by atoms with Gasteiger partial charge in [0, 0.05) is 32.2 Å². The molecular weight excluding hydrogens is 344 g/mol. The van der Waals surface area contributed by atoms with Crippen LogP contribution in [-0.2, 0) is 14.6 Å². The summed E-state index contributed by atoms with van der Waals surface area (Å²) in [5.74, 6) is 1.48. The number of aromatic nitrogens is 2. The summed E-state index contributed by atoms with van der Waals surface area (Å²) in [5, 5.41) is 9.12. The highest BCUT2D eigenvalue weighted by Crippen LogP contribution is 2.27. The Morgan fingerprint density at radius 1 is 1.28 bits per heavy atom. The van der Waals surface area contributed by atoms with Crippen LogP contribution in [0.4, 0.5) is 11.6 Å². The van der Waals surface area contributed by atoms with Crippen LogP contribution in [0.25, 0.3) is 0 Å². The third-order valence-electron chi connectivity index (χ3n) is 5.10. The quantitative estimate of drug-likeness (QED) is 0.829. The molecule has 9 heteroatoms. The second kappa shape index (κ2) is 6.78. The van der Waals surface area contributed by atoms with Gasteiger partial charge in [0.2, 0.25) is 0 Å². The van der Waals surface area contributed by atoms with Crippen LogP contribution in [0.3, 0.4) is 0 Å². The fraction of sp³-hybridized carbons (Fsp3) is 0.688. The Labute approximate surface area is 147 Å². The molecule has 0 amide bonds. The molecule has 2 aliphatic rings. The van der Waals surface area contributed by atoms with Crippen molar-refractivity contribution in [2.75, 3.05) is 41.4 Å². The van der Waals surface area contributed by atoms with E-state index in [1.807, 2.05) is 24.9 Å². The Bertz CT molecular complexity index is 759. The van der Waals surface area contributed by atoms with Crippen LogP contribution < -0.4 is 9.80 Å². The number of hydrogen-bond acceptors (Lipinski definition) is 7. The van der Waals surface area contributed by atoms with Crippen LogP contribution in [0, 0.1) is 12.8 Å². The summed E-state index contributed by atoms with van der Waals surface area (Å²) < 4.78 is 23.5. The maximum absolute atomic E-state index is 11.7. The third kappa shape index (κ3) is 4.02. The van der Waals surface area contributed by atoms with Crippen molar-refractivity contribution in [1.29, 1.82) is 0 Å². The molecule has 2 fully saturated rings. The van der Waals surface area contributed by atoms with Crippen LogP contribution >= 0.6 is 0 Å². The van der Waals surface area contributed by atoms with E-state index in [0.29, 0.717) is 44.0 Å². The molecule has 3 heterocycles. The van der Waals surface area contributed by atoms with Gasteiger partial charge in [0.15, 0.2) is 9.84 Å². The zero-order valence-corrected chi connectivity index (χ0v) is 15.4. The first-order valence-electron chi connectivity index (χ1n) is 8.52. The second-order valence-corrected chi connectivity index (χ2v) is 9.13. The van der Waals surface area contributed by atoms with E-state index in [1.165, 1.54) is 0 Å². The fourth-order valence-electron chi connectivity index (χ4n) is 3.50. The van der Waals surface area contributed by atoms with Crippen molar-refractivity contribution in [2.24, 2.45) is 5.92 Å². The molecule has 2 aliphatic heterocycles. The lowest BCUT2D eigenvalue weighted by atomic mass is 9.97. The Hall–Kier alpha value is -1.90. The van der Waals surface area contributed by atoms with Gasteiger partial charge in [0.1, 0.15) is 17.5 Å². The van der Waals surface area contributed by atoms with Crippen molar-refractivity contribution in [2.45, 2.75) is 32.2 Å². The molecule has 0 saturated carbocycles. The average Bonchev–Trinajstić information content (AvgIpc) is 2.93. The van der Waals surface area contributed by atoms with Gasteiger partial charge in [0.05, 0.1) is 17.4 Å². The van der Waals surface area contributed by atoms with Gasteiger partial charge in [0.25, 0.3) is 0 Å². The molecular formula is C16H24N4O4S. The maximum Gasteiger partial charge on any atom is 0.306 e. The number of aryl methyl sites for hydroxylation is 1. The Morgan fingerprint density at radius 2 is 1.96 bits per heavy atom. The van der Waals surface area contributed by atoms with Gasteiger partial charge in [-0.05, 0) is 26.2 Å². The first-order valence-corrected chi connectivity index (χ1v) is 10.3. The monoisotopic (exact) mass is 368 g/mol. The smallest absolute Gasteiger partial charge is 0.306 e. The van der Waals surface area contributed by atoms with E-state index >= 15 is 0 Å². The van der Waals surface area contributed by atoms with Gasteiger partial charge >= 0.3 is 5.97 Å². The number of aliphatic carboxylic acids is 1. The van der Waals surface area contributed by atoms with Crippen molar-refractivity contribution in [3.63, 3.8) is 0 Å². The predicted molar refractivity (Wildman–Crippen MR) is 94.8 cm³/mol. The van der Waals surface area contributed by atoms with E-state index in [9.17, 15) is 13.2 Å². The molecule has 1 unspecified atom stereocenters. The minimum absolute atomic E-state index is 0.0649. The van der Waals surface area contributed by atoms with E-state index in [1.54, 1.807) is 0 Å². The first-order chi connectivity index (χ1) is 11.7. The number of piperidine rings is 1. The van der Waals surface area contributed by atoms with Crippen LogP contribution in [-0.4, -0.2) is 67.1 Å². The Morgan fingerprint density at radius 3 is 2.52 bits per heavy atom. The first kappa shape index (κ1) is 17.9. The van der Waals surface area contributed by atoms with Crippen LogP contribution in [0.5, 0.6) is 0 Å². The number of hydrogen-bond donors (Lipinski definition) is 1. The van der Waals surface area contributed by atoms with Gasteiger partial charge in [-0.1, -0.05) is 0 Å². The molecule has 8 nitrogen and oxygen atoms in total. The molecule has 0 aromatic carbocycles. The lowest BCUT2D eigenvalue weighted by molar-refractivity contribution is -0.142. The molecule has 3 rings (SSSR count). The zero-order valence-electron chi connectivity index (χ0n) is 14.6. The van der Waals surface area contributed by atoms with Crippen molar-refractivity contribution >= 4 is 27.4 Å². The van der Waals surface area contributed by atoms with Crippen LogP contribution in [0.1, 0.15) is 25.1 Å². The van der Waals surface area contributed by atoms with Crippen LogP contribution in [0.15, 0.2) is 6.07 Å². The lowest BCUT2D eigenvalue weighted by Crippen LogP contribution is -2.37. The standard InChI is InChI=1S/C16H24N4O4S/c1-11-17-14(19(2)13-5-8-25(23,24)10-13)9-15(18-11)20-6-3-12(4-7-20)16(21)22/h9,12-13H,3-8,10H2,1-2H3,(H,21,22). The van der Waals surface area contributed by atoms with E-state index in [0.717, 1.165) is 5.82 Å². The summed E-state index contributed by atoms with van der Waals surface area (Å²) in [6.07, 6.45) is 1.82. The molecule has 0 radical (unpaired) electrons. The summed E-state index contributed by atoms with van der Waals surface area (Å²) in [6.45, 7) is 3.11. The largest absolute Gasteiger partial charge is 0.481 e. The second-order valence-electron chi connectivity index (χ2n) is 6.90. The molecule has 1 atom stereocenters. The normalized spacial score (nSPS) is 23.6. The van der Waals surface area contributed by atoms with E-state index in [4.69, 9.17) is 5.11 Å². The number of nitrogens with zero attached hydrogens (tertiary/aromatic N) is 4. The SMILES string of the molecule is Cc1nc(N2CCC(C(=O)O)CC2)cc(N(C)C2CCS(=O)(=O)C2)n1.